The monoisotopic (exact) mass is 482 g/mol. The zero-order chi connectivity index (χ0) is 23.4. The van der Waals surface area contributed by atoms with Gasteiger partial charge in [-0.15, -0.1) is 0 Å². The minimum Gasteiger partial charge on any atom is -0.345 e. The van der Waals surface area contributed by atoms with Crippen molar-refractivity contribution in [1.82, 2.24) is 9.62 Å². The lowest BCUT2D eigenvalue weighted by Crippen LogP contribution is -2.43. The van der Waals surface area contributed by atoms with E-state index in [-0.39, 0.29) is 17.9 Å². The van der Waals surface area contributed by atoms with E-state index in [1.165, 1.54) is 4.31 Å². The summed E-state index contributed by atoms with van der Waals surface area (Å²) in [6.45, 7) is 2.57. The number of carbonyl (C=O) groups excluding carboxylic acids is 1. The summed E-state index contributed by atoms with van der Waals surface area (Å²) in [5, 5.41) is 3.82. The Bertz CT molecular complexity index is 1190. The SMILES string of the molecule is Cc1ccc(S(=O)(=O)N2CCC(C(=O)NC(c3ccccc3)c3ccc(Cl)cc3)CC2)cc1. The van der Waals surface area contributed by atoms with Crippen LogP contribution in [-0.2, 0) is 14.8 Å². The van der Waals surface area contributed by atoms with Crippen LogP contribution >= 0.6 is 11.6 Å². The number of rotatable bonds is 6. The molecule has 0 radical (unpaired) electrons. The maximum atomic E-state index is 13.2. The first kappa shape index (κ1) is 23.5. The van der Waals surface area contributed by atoms with E-state index < -0.39 is 10.0 Å². The van der Waals surface area contributed by atoms with Gasteiger partial charge < -0.3 is 5.32 Å². The van der Waals surface area contributed by atoms with Crippen molar-refractivity contribution < 1.29 is 13.2 Å². The van der Waals surface area contributed by atoms with Gasteiger partial charge in [0.15, 0.2) is 0 Å². The largest absolute Gasteiger partial charge is 0.345 e. The number of amides is 1. The van der Waals surface area contributed by atoms with Crippen LogP contribution < -0.4 is 5.32 Å². The van der Waals surface area contributed by atoms with E-state index in [0.717, 1.165) is 16.7 Å². The summed E-state index contributed by atoms with van der Waals surface area (Å²) in [5.41, 5.74) is 2.93. The normalized spacial score (nSPS) is 16.3. The van der Waals surface area contributed by atoms with Crippen molar-refractivity contribution in [3.05, 3.63) is 101 Å². The van der Waals surface area contributed by atoms with Crippen LogP contribution in [0.25, 0.3) is 0 Å². The maximum Gasteiger partial charge on any atom is 0.243 e. The molecule has 1 heterocycles. The summed E-state index contributed by atoms with van der Waals surface area (Å²) < 4.78 is 27.4. The van der Waals surface area contributed by atoms with Crippen molar-refractivity contribution >= 4 is 27.5 Å². The van der Waals surface area contributed by atoms with Gasteiger partial charge >= 0.3 is 0 Å². The van der Waals surface area contributed by atoms with Crippen LogP contribution in [0.5, 0.6) is 0 Å². The highest BCUT2D eigenvalue weighted by atomic mass is 35.5. The average Bonchev–Trinajstić information content (AvgIpc) is 2.84. The van der Waals surface area contributed by atoms with Gasteiger partial charge in [-0.3, -0.25) is 4.79 Å². The number of halogens is 1. The molecule has 1 unspecified atom stereocenters. The predicted octanol–water partition coefficient (Wildman–Crippen LogP) is 4.95. The van der Waals surface area contributed by atoms with Gasteiger partial charge in [0.25, 0.3) is 0 Å². The van der Waals surface area contributed by atoms with E-state index >= 15 is 0 Å². The minimum atomic E-state index is -3.55. The molecule has 1 saturated heterocycles. The lowest BCUT2D eigenvalue weighted by atomic mass is 9.94. The Morgan fingerprint density at radius 2 is 1.48 bits per heavy atom. The fourth-order valence-corrected chi connectivity index (χ4v) is 5.73. The van der Waals surface area contributed by atoms with E-state index in [9.17, 15) is 13.2 Å². The van der Waals surface area contributed by atoms with Crippen LogP contribution in [0.1, 0.15) is 35.6 Å². The second kappa shape index (κ2) is 10.1. The smallest absolute Gasteiger partial charge is 0.243 e. The molecule has 1 amide bonds. The molecule has 33 heavy (non-hydrogen) atoms. The summed E-state index contributed by atoms with van der Waals surface area (Å²) >= 11 is 6.05. The molecule has 3 aromatic rings. The third kappa shape index (κ3) is 5.46. The summed E-state index contributed by atoms with van der Waals surface area (Å²) in [5.74, 6) is -0.306. The van der Waals surface area contributed by atoms with Gasteiger partial charge in [-0.1, -0.05) is 71.8 Å². The van der Waals surface area contributed by atoms with Gasteiger partial charge in [-0.25, -0.2) is 8.42 Å². The number of aryl methyl sites for hydroxylation is 1. The van der Waals surface area contributed by atoms with E-state index in [4.69, 9.17) is 11.6 Å². The molecule has 0 bridgehead atoms. The minimum absolute atomic E-state index is 0.0637. The molecule has 172 valence electrons. The molecule has 5 nitrogen and oxygen atoms in total. The van der Waals surface area contributed by atoms with E-state index in [1.54, 1.807) is 24.3 Å². The topological polar surface area (TPSA) is 66.5 Å². The Kier molecular flexibility index (Phi) is 7.17. The summed E-state index contributed by atoms with van der Waals surface area (Å²) in [4.78, 5) is 13.5. The van der Waals surface area contributed by atoms with Crippen molar-refractivity contribution in [2.75, 3.05) is 13.1 Å². The van der Waals surface area contributed by atoms with Crippen molar-refractivity contribution in [1.29, 1.82) is 0 Å². The lowest BCUT2D eigenvalue weighted by Gasteiger charge is -2.31. The highest BCUT2D eigenvalue weighted by Crippen LogP contribution is 2.27. The summed E-state index contributed by atoms with van der Waals surface area (Å²) in [7, 11) is -3.55. The summed E-state index contributed by atoms with van der Waals surface area (Å²) in [6, 6.07) is 23.8. The quantitative estimate of drug-likeness (QED) is 0.540. The first-order valence-electron chi connectivity index (χ1n) is 11.0. The number of carbonyl (C=O) groups is 1. The molecule has 1 aliphatic heterocycles. The molecular weight excluding hydrogens is 456 g/mol. The molecule has 1 fully saturated rings. The fourth-order valence-electron chi connectivity index (χ4n) is 4.14. The van der Waals surface area contributed by atoms with Gasteiger partial charge in [-0.2, -0.15) is 4.31 Å². The molecule has 0 aliphatic carbocycles. The number of hydrogen-bond donors (Lipinski definition) is 1. The molecule has 0 saturated carbocycles. The molecular formula is C26H27ClN2O3S. The molecule has 4 rings (SSSR count). The van der Waals surface area contributed by atoms with Crippen LogP contribution in [0.2, 0.25) is 5.02 Å². The van der Waals surface area contributed by atoms with Gasteiger partial charge in [0.1, 0.15) is 0 Å². The third-order valence-corrected chi connectivity index (χ3v) is 8.27. The molecule has 3 aromatic carbocycles. The second-order valence-corrected chi connectivity index (χ2v) is 10.8. The second-order valence-electron chi connectivity index (χ2n) is 8.40. The van der Waals surface area contributed by atoms with Gasteiger partial charge in [-0.05, 0) is 55.2 Å². The molecule has 0 aromatic heterocycles. The number of nitrogens with zero attached hydrogens (tertiary/aromatic N) is 1. The molecule has 1 aliphatic rings. The molecule has 7 heteroatoms. The zero-order valence-electron chi connectivity index (χ0n) is 18.4. The van der Waals surface area contributed by atoms with E-state index in [1.807, 2.05) is 61.5 Å². The van der Waals surface area contributed by atoms with Gasteiger partial charge in [0.05, 0.1) is 10.9 Å². The van der Waals surface area contributed by atoms with Crippen LogP contribution in [0, 0.1) is 12.8 Å². The Morgan fingerprint density at radius 3 is 2.09 bits per heavy atom. The van der Waals surface area contributed by atoms with Crippen LogP contribution in [0.4, 0.5) is 0 Å². The predicted molar refractivity (Wildman–Crippen MR) is 131 cm³/mol. The first-order valence-corrected chi connectivity index (χ1v) is 12.8. The Balaban J connectivity index is 1.45. The number of hydrogen-bond acceptors (Lipinski definition) is 3. The van der Waals surface area contributed by atoms with Crippen molar-refractivity contribution in [2.24, 2.45) is 5.92 Å². The van der Waals surface area contributed by atoms with Crippen molar-refractivity contribution in [3.8, 4) is 0 Å². The van der Waals surface area contributed by atoms with Gasteiger partial charge in [0, 0.05) is 24.0 Å². The van der Waals surface area contributed by atoms with Crippen LogP contribution in [0.15, 0.2) is 83.8 Å². The highest BCUT2D eigenvalue weighted by molar-refractivity contribution is 7.89. The van der Waals surface area contributed by atoms with Crippen LogP contribution in [0.3, 0.4) is 0 Å². The Hall–Kier alpha value is -2.67. The Morgan fingerprint density at radius 1 is 0.909 bits per heavy atom. The number of benzene rings is 3. The molecule has 1 N–H and O–H groups in total. The standard InChI is InChI=1S/C26H27ClN2O3S/c1-19-7-13-24(14-8-19)33(31,32)29-17-15-22(16-18-29)26(30)28-25(20-5-3-2-4-6-20)21-9-11-23(27)12-10-21/h2-14,22,25H,15-18H2,1H3,(H,28,30). The van der Waals surface area contributed by atoms with Crippen LogP contribution in [-0.4, -0.2) is 31.7 Å². The van der Waals surface area contributed by atoms with E-state index in [0.29, 0.717) is 35.8 Å². The molecule has 1 atom stereocenters. The number of nitrogens with one attached hydrogen (secondary N) is 1. The van der Waals surface area contributed by atoms with Gasteiger partial charge in [0.2, 0.25) is 15.9 Å². The number of piperidine rings is 1. The highest BCUT2D eigenvalue weighted by Gasteiger charge is 2.33. The van der Waals surface area contributed by atoms with Crippen molar-refractivity contribution in [3.63, 3.8) is 0 Å². The van der Waals surface area contributed by atoms with E-state index in [2.05, 4.69) is 5.32 Å². The number of sulfonamides is 1. The zero-order valence-corrected chi connectivity index (χ0v) is 20.0. The first-order chi connectivity index (χ1) is 15.8. The Labute approximate surface area is 200 Å². The maximum absolute atomic E-state index is 13.2. The fraction of sp³-hybridized carbons (Fsp3) is 0.269. The third-order valence-electron chi connectivity index (χ3n) is 6.11. The summed E-state index contributed by atoms with van der Waals surface area (Å²) in [6.07, 6.45) is 0.970. The average molecular weight is 483 g/mol. The lowest BCUT2D eigenvalue weighted by molar-refractivity contribution is -0.126. The molecule has 0 spiro atoms. The van der Waals surface area contributed by atoms with Crippen molar-refractivity contribution in [2.45, 2.75) is 30.7 Å².